The molecule has 0 radical (unpaired) electrons. The molecule has 0 heterocycles. The second-order valence-electron chi connectivity index (χ2n) is 4.38. The fourth-order valence-electron chi connectivity index (χ4n) is 1.82. The highest BCUT2D eigenvalue weighted by Gasteiger charge is 2.13. The molecule has 0 unspecified atom stereocenters. The quantitative estimate of drug-likeness (QED) is 0.894. The van der Waals surface area contributed by atoms with Crippen LogP contribution in [0.5, 0.6) is 5.75 Å². The number of hydrogen-bond donors (Lipinski definition) is 2. The summed E-state index contributed by atoms with van der Waals surface area (Å²) in [7, 11) is 0. The van der Waals surface area contributed by atoms with Crippen molar-refractivity contribution in [1.29, 1.82) is 0 Å². The van der Waals surface area contributed by atoms with E-state index in [1.807, 2.05) is 30.3 Å². The van der Waals surface area contributed by atoms with Crippen LogP contribution in [0.15, 0.2) is 54.6 Å². The lowest BCUT2D eigenvalue weighted by Crippen LogP contribution is -2.30. The molecule has 0 fully saturated rings. The molecule has 2 aromatic carbocycles. The average molecular weight is 269 g/mol. The Labute approximate surface area is 117 Å². The Hall–Kier alpha value is -2.62. The van der Waals surface area contributed by atoms with Crippen molar-refractivity contribution in [2.75, 3.05) is 0 Å². The lowest BCUT2D eigenvalue weighted by molar-refractivity contribution is -0.120. The number of carbonyl (C=O) groups is 2. The van der Waals surface area contributed by atoms with Crippen molar-refractivity contribution in [2.24, 2.45) is 0 Å². The summed E-state index contributed by atoms with van der Waals surface area (Å²) in [4.78, 5) is 23.5. The number of para-hydroxylation sites is 1. The molecule has 0 atom stereocenters. The number of nitrogens with one attached hydrogen (secondary N) is 1. The molecule has 20 heavy (non-hydrogen) atoms. The van der Waals surface area contributed by atoms with Gasteiger partial charge in [0.15, 0.2) is 0 Å². The standard InChI is InChI=1S/C16H15NO3/c18-14-9-5-4-8-13(14)16(20)17-15(19)11-10-12-6-2-1-3-7-12/h1-9,18H,10-11H2,(H,17,19,20). The van der Waals surface area contributed by atoms with Crippen LogP contribution in [0.2, 0.25) is 0 Å². The van der Waals surface area contributed by atoms with Gasteiger partial charge in [-0.15, -0.1) is 0 Å². The fourth-order valence-corrected chi connectivity index (χ4v) is 1.82. The summed E-state index contributed by atoms with van der Waals surface area (Å²) in [6.07, 6.45) is 0.796. The van der Waals surface area contributed by atoms with E-state index < -0.39 is 5.91 Å². The van der Waals surface area contributed by atoms with Crippen LogP contribution in [0.3, 0.4) is 0 Å². The number of rotatable bonds is 4. The summed E-state index contributed by atoms with van der Waals surface area (Å²) in [5, 5.41) is 11.8. The van der Waals surface area contributed by atoms with E-state index in [4.69, 9.17) is 0 Å². The normalized spacial score (nSPS) is 10.0. The Morgan fingerprint density at radius 3 is 2.30 bits per heavy atom. The van der Waals surface area contributed by atoms with Gasteiger partial charge in [0.2, 0.25) is 5.91 Å². The molecule has 0 aliphatic rings. The Morgan fingerprint density at radius 2 is 1.60 bits per heavy atom. The molecule has 0 aliphatic carbocycles. The van der Waals surface area contributed by atoms with E-state index >= 15 is 0 Å². The maximum absolute atomic E-state index is 11.8. The largest absolute Gasteiger partial charge is 0.507 e. The Morgan fingerprint density at radius 1 is 0.950 bits per heavy atom. The van der Waals surface area contributed by atoms with E-state index in [-0.39, 0.29) is 23.6 Å². The van der Waals surface area contributed by atoms with Crippen LogP contribution in [0, 0.1) is 0 Å². The molecule has 2 aromatic rings. The van der Waals surface area contributed by atoms with Gasteiger partial charge in [-0.3, -0.25) is 14.9 Å². The van der Waals surface area contributed by atoms with Crippen molar-refractivity contribution in [3.05, 3.63) is 65.7 Å². The first-order valence-corrected chi connectivity index (χ1v) is 6.33. The number of imide groups is 1. The highest BCUT2D eigenvalue weighted by Crippen LogP contribution is 2.15. The topological polar surface area (TPSA) is 66.4 Å². The summed E-state index contributed by atoms with van der Waals surface area (Å²) < 4.78 is 0. The van der Waals surface area contributed by atoms with Crippen molar-refractivity contribution in [3.8, 4) is 5.75 Å². The van der Waals surface area contributed by atoms with Crippen molar-refractivity contribution >= 4 is 11.8 Å². The molecular formula is C16H15NO3. The number of benzene rings is 2. The molecule has 4 nitrogen and oxygen atoms in total. The molecule has 2 amide bonds. The molecule has 2 rings (SSSR count). The first-order chi connectivity index (χ1) is 9.66. The van der Waals surface area contributed by atoms with Crippen molar-refractivity contribution < 1.29 is 14.7 Å². The van der Waals surface area contributed by atoms with Gasteiger partial charge >= 0.3 is 0 Å². The molecule has 0 aromatic heterocycles. The lowest BCUT2D eigenvalue weighted by atomic mass is 10.1. The Kier molecular flexibility index (Phi) is 4.50. The molecule has 4 heteroatoms. The molecule has 102 valence electrons. The number of aromatic hydroxyl groups is 1. The smallest absolute Gasteiger partial charge is 0.261 e. The van der Waals surface area contributed by atoms with Gasteiger partial charge in [0.1, 0.15) is 5.75 Å². The van der Waals surface area contributed by atoms with Gasteiger partial charge in [-0.1, -0.05) is 42.5 Å². The zero-order valence-corrected chi connectivity index (χ0v) is 10.9. The minimum atomic E-state index is -0.582. The number of phenols is 1. The lowest BCUT2D eigenvalue weighted by Gasteiger charge is -2.05. The number of hydrogen-bond acceptors (Lipinski definition) is 3. The highest BCUT2D eigenvalue weighted by atomic mass is 16.3. The zero-order chi connectivity index (χ0) is 14.4. The van der Waals surface area contributed by atoms with Crippen LogP contribution in [-0.2, 0) is 11.2 Å². The van der Waals surface area contributed by atoms with Crippen LogP contribution in [0.4, 0.5) is 0 Å². The van der Waals surface area contributed by atoms with Gasteiger partial charge in [0, 0.05) is 6.42 Å². The van der Waals surface area contributed by atoms with Crippen molar-refractivity contribution in [3.63, 3.8) is 0 Å². The average Bonchev–Trinajstić information content (AvgIpc) is 2.46. The second kappa shape index (κ2) is 6.52. The van der Waals surface area contributed by atoms with Gasteiger partial charge < -0.3 is 5.11 Å². The van der Waals surface area contributed by atoms with Crippen LogP contribution in [-0.4, -0.2) is 16.9 Å². The van der Waals surface area contributed by atoms with E-state index in [1.54, 1.807) is 12.1 Å². The molecule has 0 bridgehead atoms. The third-order valence-corrected chi connectivity index (χ3v) is 2.89. The molecular weight excluding hydrogens is 254 g/mol. The van der Waals surface area contributed by atoms with Gasteiger partial charge in [-0.2, -0.15) is 0 Å². The molecule has 0 spiro atoms. The van der Waals surface area contributed by atoms with Crippen molar-refractivity contribution in [1.82, 2.24) is 5.32 Å². The van der Waals surface area contributed by atoms with E-state index in [0.717, 1.165) is 5.56 Å². The summed E-state index contributed by atoms with van der Waals surface area (Å²) in [5.74, 6) is -1.08. The first kappa shape index (κ1) is 13.8. The molecule has 2 N–H and O–H groups in total. The van der Waals surface area contributed by atoms with Gasteiger partial charge in [0.05, 0.1) is 5.56 Å². The third kappa shape index (κ3) is 3.68. The third-order valence-electron chi connectivity index (χ3n) is 2.89. The predicted molar refractivity (Wildman–Crippen MR) is 75.3 cm³/mol. The minimum absolute atomic E-state index is 0.0977. The van der Waals surface area contributed by atoms with E-state index in [1.165, 1.54) is 12.1 Å². The van der Waals surface area contributed by atoms with Gasteiger partial charge in [0.25, 0.3) is 5.91 Å². The number of carbonyl (C=O) groups excluding carboxylic acids is 2. The van der Waals surface area contributed by atoms with Gasteiger partial charge in [-0.05, 0) is 24.1 Å². The van der Waals surface area contributed by atoms with Crippen LogP contribution < -0.4 is 5.32 Å². The SMILES string of the molecule is O=C(CCc1ccccc1)NC(=O)c1ccccc1O. The fraction of sp³-hybridized carbons (Fsp3) is 0.125. The highest BCUT2D eigenvalue weighted by molar-refractivity contribution is 6.06. The van der Waals surface area contributed by atoms with E-state index in [0.29, 0.717) is 6.42 Å². The monoisotopic (exact) mass is 269 g/mol. The first-order valence-electron chi connectivity index (χ1n) is 6.33. The summed E-state index contributed by atoms with van der Waals surface area (Å²) in [6.45, 7) is 0. The summed E-state index contributed by atoms with van der Waals surface area (Å²) in [6, 6.07) is 15.7. The van der Waals surface area contributed by atoms with Crippen molar-refractivity contribution in [2.45, 2.75) is 12.8 Å². The van der Waals surface area contributed by atoms with Crippen LogP contribution >= 0.6 is 0 Å². The van der Waals surface area contributed by atoms with E-state index in [9.17, 15) is 14.7 Å². The van der Waals surface area contributed by atoms with E-state index in [2.05, 4.69) is 5.32 Å². The Balaban J connectivity index is 1.89. The van der Waals surface area contributed by atoms with Crippen LogP contribution in [0.25, 0.3) is 0 Å². The maximum Gasteiger partial charge on any atom is 0.261 e. The maximum atomic E-state index is 11.8. The zero-order valence-electron chi connectivity index (χ0n) is 10.9. The molecule has 0 saturated carbocycles. The molecule has 0 saturated heterocycles. The van der Waals surface area contributed by atoms with Crippen LogP contribution in [0.1, 0.15) is 22.3 Å². The Bertz CT molecular complexity index is 608. The van der Waals surface area contributed by atoms with Gasteiger partial charge in [-0.25, -0.2) is 0 Å². The number of phenolic OH excluding ortho intramolecular Hbond substituents is 1. The molecule has 0 aliphatic heterocycles. The number of aryl methyl sites for hydroxylation is 1. The number of amides is 2. The summed E-state index contributed by atoms with van der Waals surface area (Å²) in [5.41, 5.74) is 1.14. The predicted octanol–water partition coefficient (Wildman–Crippen LogP) is 2.28. The summed E-state index contributed by atoms with van der Waals surface area (Å²) >= 11 is 0. The minimum Gasteiger partial charge on any atom is -0.507 e. The second-order valence-corrected chi connectivity index (χ2v) is 4.38.